The third-order valence-electron chi connectivity index (χ3n) is 3.72. The van der Waals surface area contributed by atoms with Crippen molar-refractivity contribution in [3.63, 3.8) is 0 Å². The molecule has 0 saturated heterocycles. The van der Waals surface area contributed by atoms with Gasteiger partial charge in [0.15, 0.2) is 5.84 Å². The molecule has 1 saturated carbocycles. The summed E-state index contributed by atoms with van der Waals surface area (Å²) in [7, 11) is 0. The Balaban J connectivity index is 2.02. The average Bonchev–Trinajstić information content (AvgIpc) is 2.54. The van der Waals surface area contributed by atoms with Crippen molar-refractivity contribution in [2.24, 2.45) is 10.9 Å². The maximum atomic E-state index is 12.2. The Morgan fingerprint density at radius 1 is 1.48 bits per heavy atom. The maximum absolute atomic E-state index is 12.2. The first-order valence-electron chi connectivity index (χ1n) is 6.93. The Bertz CT molecular complexity index is 518. The minimum atomic E-state index is -0.174. The smallest absolute Gasteiger partial charge is 0.270 e. The molecule has 0 aromatic carbocycles. The number of nitrogens with zero attached hydrogens (tertiary/aromatic N) is 2. The van der Waals surface area contributed by atoms with Crippen molar-refractivity contribution < 1.29 is 10.0 Å². The first kappa shape index (κ1) is 15.6. The standard InChI is InChI=1S/C14H20N4O2S/c1-21-12-5-3-2-4-10(12)17-14(19)11-7-6-9(8-16-11)13(15)18-20/h6-8,10,12,20H,2-5H2,1H3,(H2,15,18)(H,17,19). The normalized spacial score (nSPS) is 22.8. The van der Waals surface area contributed by atoms with Crippen LogP contribution >= 0.6 is 11.8 Å². The highest BCUT2D eigenvalue weighted by Gasteiger charge is 2.26. The lowest BCUT2D eigenvalue weighted by molar-refractivity contribution is 0.0924. The van der Waals surface area contributed by atoms with Gasteiger partial charge in [-0.15, -0.1) is 0 Å². The molecular formula is C14H20N4O2S. The van der Waals surface area contributed by atoms with Crippen molar-refractivity contribution in [1.82, 2.24) is 10.3 Å². The van der Waals surface area contributed by atoms with Crippen molar-refractivity contribution >= 4 is 23.5 Å². The van der Waals surface area contributed by atoms with Crippen molar-refractivity contribution in [3.05, 3.63) is 29.6 Å². The first-order chi connectivity index (χ1) is 10.2. The molecule has 1 aliphatic carbocycles. The Kier molecular flexibility index (Phi) is 5.44. The molecule has 1 aromatic heterocycles. The molecule has 1 aromatic rings. The summed E-state index contributed by atoms with van der Waals surface area (Å²) in [6.45, 7) is 0. The third kappa shape index (κ3) is 3.87. The molecule has 2 atom stereocenters. The maximum Gasteiger partial charge on any atom is 0.270 e. The van der Waals surface area contributed by atoms with Crippen LogP contribution in [0.25, 0.3) is 0 Å². The molecule has 114 valence electrons. The van der Waals surface area contributed by atoms with Gasteiger partial charge in [0.1, 0.15) is 5.69 Å². The second-order valence-corrected chi connectivity index (χ2v) is 6.13. The number of nitrogens with two attached hydrogens (primary N) is 1. The molecule has 0 spiro atoms. The molecule has 0 radical (unpaired) electrons. The van der Waals surface area contributed by atoms with E-state index in [4.69, 9.17) is 10.9 Å². The lowest BCUT2D eigenvalue weighted by atomic mass is 9.94. The number of oxime groups is 1. The van der Waals surface area contributed by atoms with E-state index >= 15 is 0 Å². The van der Waals surface area contributed by atoms with Gasteiger partial charge >= 0.3 is 0 Å². The monoisotopic (exact) mass is 308 g/mol. The van der Waals surface area contributed by atoms with Gasteiger partial charge in [0.05, 0.1) is 0 Å². The number of thioether (sulfide) groups is 1. The van der Waals surface area contributed by atoms with E-state index in [0.29, 0.717) is 16.5 Å². The fraction of sp³-hybridized carbons (Fsp3) is 0.500. The van der Waals surface area contributed by atoms with Crippen LogP contribution in [0, 0.1) is 0 Å². The van der Waals surface area contributed by atoms with E-state index in [1.165, 1.54) is 12.6 Å². The highest BCUT2D eigenvalue weighted by atomic mass is 32.2. The Hall–Kier alpha value is -1.76. The molecule has 2 rings (SSSR count). The summed E-state index contributed by atoms with van der Waals surface area (Å²) in [5, 5.41) is 15.0. The number of carbonyl (C=O) groups excluding carboxylic acids is 1. The molecule has 7 heteroatoms. The molecule has 0 aliphatic heterocycles. The lowest BCUT2D eigenvalue weighted by Gasteiger charge is -2.30. The van der Waals surface area contributed by atoms with E-state index in [0.717, 1.165) is 19.3 Å². The van der Waals surface area contributed by atoms with Gasteiger partial charge in [0, 0.05) is 23.1 Å². The summed E-state index contributed by atoms with van der Waals surface area (Å²) < 4.78 is 0. The molecule has 21 heavy (non-hydrogen) atoms. The summed E-state index contributed by atoms with van der Waals surface area (Å²) in [4.78, 5) is 16.3. The van der Waals surface area contributed by atoms with Crippen LogP contribution < -0.4 is 11.1 Å². The second kappa shape index (κ2) is 7.31. The van der Waals surface area contributed by atoms with Crippen LogP contribution in [0.15, 0.2) is 23.5 Å². The zero-order valence-electron chi connectivity index (χ0n) is 12.0. The van der Waals surface area contributed by atoms with Crippen LogP contribution in [0.5, 0.6) is 0 Å². The summed E-state index contributed by atoms with van der Waals surface area (Å²) >= 11 is 1.81. The quantitative estimate of drug-likeness (QED) is 0.339. The van der Waals surface area contributed by atoms with Gasteiger partial charge in [0.25, 0.3) is 5.91 Å². The minimum absolute atomic E-state index is 0.0239. The molecule has 0 bridgehead atoms. The number of rotatable bonds is 4. The van der Waals surface area contributed by atoms with Crippen LogP contribution in [0.4, 0.5) is 0 Å². The van der Waals surface area contributed by atoms with Gasteiger partial charge in [0.2, 0.25) is 0 Å². The Morgan fingerprint density at radius 3 is 2.86 bits per heavy atom. The van der Waals surface area contributed by atoms with E-state index in [-0.39, 0.29) is 17.8 Å². The topological polar surface area (TPSA) is 101 Å². The van der Waals surface area contributed by atoms with E-state index in [9.17, 15) is 4.79 Å². The average molecular weight is 308 g/mol. The van der Waals surface area contributed by atoms with E-state index < -0.39 is 0 Å². The molecule has 2 unspecified atom stereocenters. The number of carbonyl (C=O) groups is 1. The highest BCUT2D eigenvalue weighted by molar-refractivity contribution is 7.99. The van der Waals surface area contributed by atoms with E-state index in [2.05, 4.69) is 21.7 Å². The van der Waals surface area contributed by atoms with Gasteiger partial charge in [-0.3, -0.25) is 9.78 Å². The summed E-state index contributed by atoms with van der Waals surface area (Å²) in [5.41, 5.74) is 6.29. The fourth-order valence-electron chi connectivity index (χ4n) is 2.52. The Labute approximate surface area is 128 Å². The zero-order valence-corrected chi connectivity index (χ0v) is 12.8. The Morgan fingerprint density at radius 2 is 2.24 bits per heavy atom. The SMILES string of the molecule is CSC1CCCCC1NC(=O)c1ccc(/C(N)=N/O)cn1. The number of hydrogen-bond donors (Lipinski definition) is 3. The molecule has 4 N–H and O–H groups in total. The predicted octanol–water partition coefficient (Wildman–Crippen LogP) is 1.58. The molecule has 6 nitrogen and oxygen atoms in total. The van der Waals surface area contributed by atoms with Gasteiger partial charge in [-0.25, -0.2) is 0 Å². The van der Waals surface area contributed by atoms with Crippen molar-refractivity contribution in [2.45, 2.75) is 37.0 Å². The fourth-order valence-corrected chi connectivity index (χ4v) is 3.46. The highest BCUT2D eigenvalue weighted by Crippen LogP contribution is 2.27. The number of aromatic nitrogens is 1. The summed E-state index contributed by atoms with van der Waals surface area (Å²) in [5.74, 6) is -0.198. The van der Waals surface area contributed by atoms with E-state index in [1.807, 2.05) is 0 Å². The third-order valence-corrected chi connectivity index (χ3v) is 4.89. The molecule has 1 aliphatic rings. The molecule has 1 amide bonds. The van der Waals surface area contributed by atoms with Crippen LogP contribution in [0.3, 0.4) is 0 Å². The number of hydrogen-bond acceptors (Lipinski definition) is 5. The van der Waals surface area contributed by atoms with Gasteiger partial charge < -0.3 is 16.3 Å². The molecular weight excluding hydrogens is 288 g/mol. The van der Waals surface area contributed by atoms with Gasteiger partial charge in [-0.2, -0.15) is 11.8 Å². The van der Waals surface area contributed by atoms with Crippen LogP contribution in [0.1, 0.15) is 41.7 Å². The molecule has 1 fully saturated rings. The van der Waals surface area contributed by atoms with E-state index in [1.54, 1.807) is 23.9 Å². The van der Waals surface area contributed by atoms with Crippen molar-refractivity contribution in [2.75, 3.05) is 6.26 Å². The second-order valence-electron chi connectivity index (χ2n) is 5.06. The predicted molar refractivity (Wildman–Crippen MR) is 83.8 cm³/mol. The van der Waals surface area contributed by atoms with Crippen molar-refractivity contribution in [1.29, 1.82) is 0 Å². The molecule has 1 heterocycles. The minimum Gasteiger partial charge on any atom is -0.409 e. The largest absolute Gasteiger partial charge is 0.409 e. The van der Waals surface area contributed by atoms with Gasteiger partial charge in [-0.05, 0) is 31.2 Å². The van der Waals surface area contributed by atoms with Crippen molar-refractivity contribution in [3.8, 4) is 0 Å². The van der Waals surface area contributed by atoms with Crippen LogP contribution in [0.2, 0.25) is 0 Å². The van der Waals surface area contributed by atoms with Crippen LogP contribution in [-0.4, -0.2) is 39.5 Å². The number of nitrogens with one attached hydrogen (secondary N) is 1. The lowest BCUT2D eigenvalue weighted by Crippen LogP contribution is -2.43. The summed E-state index contributed by atoms with van der Waals surface area (Å²) in [6.07, 6.45) is 8.04. The first-order valence-corrected chi connectivity index (χ1v) is 8.22. The number of pyridine rings is 1. The summed E-state index contributed by atoms with van der Waals surface area (Å²) in [6, 6.07) is 3.40. The zero-order chi connectivity index (χ0) is 15.2. The number of amides is 1. The van der Waals surface area contributed by atoms with Gasteiger partial charge in [-0.1, -0.05) is 18.0 Å². The van der Waals surface area contributed by atoms with Crippen LogP contribution in [-0.2, 0) is 0 Å². The number of amidine groups is 1.